The van der Waals surface area contributed by atoms with Crippen LogP contribution in [0.3, 0.4) is 0 Å². The average Bonchev–Trinajstić information content (AvgIpc) is 3.44. The normalized spacial score (nSPS) is 16.0. The fourth-order valence-corrected chi connectivity index (χ4v) is 4.43. The number of likely N-dealkylation sites (tertiary alicyclic amines) is 1. The number of nitrogens with one attached hydrogen (secondary N) is 2. The van der Waals surface area contributed by atoms with E-state index in [1.807, 2.05) is 0 Å². The Bertz CT molecular complexity index is 1170. The standard InChI is InChI=1S/C21H17ClF3N5O2S/c22-13-6-8-14(9-7-13)26-17(31)19-29-28-18(33-19)16-5-2-10-30(16)20(32)27-15-4-1-3-12(11-15)21(23,24)25/h1,3-4,6-9,11,16H,2,5,10H2,(H,26,31)(H,27,32). The molecule has 0 spiro atoms. The summed E-state index contributed by atoms with van der Waals surface area (Å²) in [5.41, 5.74) is -0.261. The number of carbonyl (C=O) groups excluding carboxylic acids is 2. The molecule has 1 aromatic heterocycles. The van der Waals surface area contributed by atoms with E-state index in [4.69, 9.17) is 11.6 Å². The molecule has 0 bridgehead atoms. The van der Waals surface area contributed by atoms with E-state index in [2.05, 4.69) is 20.8 Å². The summed E-state index contributed by atoms with van der Waals surface area (Å²) in [5.74, 6) is -0.445. The van der Waals surface area contributed by atoms with E-state index in [0.717, 1.165) is 23.5 Å². The fourth-order valence-electron chi connectivity index (χ4n) is 3.41. The van der Waals surface area contributed by atoms with Gasteiger partial charge in [-0.05, 0) is 55.3 Å². The molecule has 0 aliphatic carbocycles. The number of urea groups is 1. The number of hydrogen-bond donors (Lipinski definition) is 2. The van der Waals surface area contributed by atoms with Gasteiger partial charge >= 0.3 is 12.2 Å². The number of aromatic nitrogens is 2. The third-order valence-corrected chi connectivity index (χ3v) is 6.25. The second-order valence-corrected chi connectivity index (χ2v) is 8.71. The van der Waals surface area contributed by atoms with Gasteiger partial charge in [0.2, 0.25) is 5.01 Å². The summed E-state index contributed by atoms with van der Waals surface area (Å²) in [6, 6.07) is 10.1. The van der Waals surface area contributed by atoms with Crippen molar-refractivity contribution in [1.29, 1.82) is 0 Å². The van der Waals surface area contributed by atoms with Gasteiger partial charge in [0.1, 0.15) is 5.01 Å². The first-order chi connectivity index (χ1) is 15.7. The summed E-state index contributed by atoms with van der Waals surface area (Å²) in [6.07, 6.45) is -3.22. The first-order valence-electron chi connectivity index (χ1n) is 9.86. The molecule has 7 nitrogen and oxygen atoms in total. The predicted octanol–water partition coefficient (Wildman–Crippen LogP) is 5.83. The van der Waals surface area contributed by atoms with Crippen LogP contribution in [0.15, 0.2) is 48.5 Å². The Morgan fingerprint density at radius 1 is 1.06 bits per heavy atom. The van der Waals surface area contributed by atoms with Crippen LogP contribution in [-0.2, 0) is 6.18 Å². The van der Waals surface area contributed by atoms with E-state index >= 15 is 0 Å². The van der Waals surface area contributed by atoms with E-state index < -0.39 is 29.7 Å². The lowest BCUT2D eigenvalue weighted by Gasteiger charge is -2.23. The largest absolute Gasteiger partial charge is 0.416 e. The third-order valence-electron chi connectivity index (χ3n) is 4.98. The molecular weight excluding hydrogens is 479 g/mol. The zero-order chi connectivity index (χ0) is 23.6. The lowest BCUT2D eigenvalue weighted by atomic mass is 10.2. The topological polar surface area (TPSA) is 87.2 Å². The molecule has 172 valence electrons. The molecule has 33 heavy (non-hydrogen) atoms. The number of rotatable bonds is 4. The number of nitrogens with zero attached hydrogens (tertiary/aromatic N) is 3. The molecule has 3 aromatic rings. The highest BCUT2D eigenvalue weighted by Gasteiger charge is 2.34. The molecule has 1 aliphatic rings. The monoisotopic (exact) mass is 495 g/mol. The first-order valence-corrected chi connectivity index (χ1v) is 11.1. The number of amides is 3. The second kappa shape index (κ2) is 9.36. The minimum absolute atomic E-state index is 0.0424. The summed E-state index contributed by atoms with van der Waals surface area (Å²) >= 11 is 6.90. The second-order valence-electron chi connectivity index (χ2n) is 7.27. The number of benzene rings is 2. The van der Waals surface area contributed by atoms with Crippen LogP contribution >= 0.6 is 22.9 Å². The summed E-state index contributed by atoms with van der Waals surface area (Å²) in [4.78, 5) is 26.7. The van der Waals surface area contributed by atoms with Gasteiger partial charge < -0.3 is 15.5 Å². The van der Waals surface area contributed by atoms with Crippen molar-refractivity contribution in [3.63, 3.8) is 0 Å². The molecule has 2 aromatic carbocycles. The van der Waals surface area contributed by atoms with Crippen LogP contribution in [0.2, 0.25) is 5.02 Å². The van der Waals surface area contributed by atoms with Crippen molar-refractivity contribution in [2.24, 2.45) is 0 Å². The molecule has 12 heteroatoms. The Morgan fingerprint density at radius 2 is 1.82 bits per heavy atom. The van der Waals surface area contributed by atoms with Crippen molar-refractivity contribution < 1.29 is 22.8 Å². The molecule has 1 unspecified atom stereocenters. The first kappa shape index (κ1) is 23.0. The number of hydrogen-bond acceptors (Lipinski definition) is 5. The maximum absolute atomic E-state index is 12.9. The minimum atomic E-state index is -4.51. The smallest absolute Gasteiger partial charge is 0.320 e. The van der Waals surface area contributed by atoms with E-state index in [9.17, 15) is 22.8 Å². The van der Waals surface area contributed by atoms with Gasteiger partial charge in [-0.2, -0.15) is 13.2 Å². The quantitative estimate of drug-likeness (QED) is 0.476. The Morgan fingerprint density at radius 3 is 2.55 bits per heavy atom. The molecular formula is C21H17ClF3N5O2S. The maximum Gasteiger partial charge on any atom is 0.416 e. The number of halogens is 4. The van der Waals surface area contributed by atoms with Crippen molar-refractivity contribution in [2.75, 3.05) is 17.2 Å². The van der Waals surface area contributed by atoms with Crippen LogP contribution in [0.4, 0.5) is 29.3 Å². The summed E-state index contributed by atoms with van der Waals surface area (Å²) in [6.45, 7) is 0.404. The SMILES string of the molecule is O=C(Nc1ccc(Cl)cc1)c1nnc(C2CCCN2C(=O)Nc2cccc(C(F)(F)F)c2)s1. The van der Waals surface area contributed by atoms with E-state index in [-0.39, 0.29) is 10.7 Å². The van der Waals surface area contributed by atoms with Crippen molar-refractivity contribution >= 4 is 46.3 Å². The molecule has 3 amide bonds. The van der Waals surface area contributed by atoms with E-state index in [1.165, 1.54) is 17.0 Å². The highest BCUT2D eigenvalue weighted by Crippen LogP contribution is 2.35. The van der Waals surface area contributed by atoms with Crippen LogP contribution in [0.1, 0.15) is 39.3 Å². The molecule has 1 aliphatic heterocycles. The van der Waals surface area contributed by atoms with Crippen LogP contribution < -0.4 is 10.6 Å². The van der Waals surface area contributed by atoms with Gasteiger partial charge in [0.25, 0.3) is 5.91 Å². The lowest BCUT2D eigenvalue weighted by Crippen LogP contribution is -2.34. The van der Waals surface area contributed by atoms with Crippen LogP contribution in [-0.4, -0.2) is 33.6 Å². The van der Waals surface area contributed by atoms with Crippen molar-refractivity contribution in [1.82, 2.24) is 15.1 Å². The molecule has 1 saturated heterocycles. The van der Waals surface area contributed by atoms with Gasteiger partial charge in [0, 0.05) is 22.9 Å². The number of anilines is 2. The van der Waals surface area contributed by atoms with Gasteiger partial charge in [0.15, 0.2) is 0 Å². The van der Waals surface area contributed by atoms with Gasteiger partial charge in [-0.3, -0.25) is 4.79 Å². The summed E-state index contributed by atoms with van der Waals surface area (Å²) in [7, 11) is 0. The molecule has 2 N–H and O–H groups in total. The molecule has 2 heterocycles. The average molecular weight is 496 g/mol. The highest BCUT2D eigenvalue weighted by molar-refractivity contribution is 7.13. The third kappa shape index (κ3) is 5.42. The molecule has 4 rings (SSSR count). The Balaban J connectivity index is 1.44. The van der Waals surface area contributed by atoms with Crippen LogP contribution in [0, 0.1) is 0 Å². The summed E-state index contributed by atoms with van der Waals surface area (Å²) < 4.78 is 38.8. The van der Waals surface area contributed by atoms with Gasteiger partial charge in [-0.1, -0.05) is 29.0 Å². The van der Waals surface area contributed by atoms with Crippen LogP contribution in [0.25, 0.3) is 0 Å². The molecule has 0 radical (unpaired) electrons. The van der Waals surface area contributed by atoms with E-state index in [0.29, 0.717) is 35.1 Å². The van der Waals surface area contributed by atoms with Crippen molar-refractivity contribution in [3.05, 3.63) is 69.1 Å². The Hall–Kier alpha value is -3.18. The predicted molar refractivity (Wildman–Crippen MR) is 118 cm³/mol. The van der Waals surface area contributed by atoms with Crippen molar-refractivity contribution in [3.8, 4) is 0 Å². The lowest BCUT2D eigenvalue weighted by molar-refractivity contribution is -0.137. The van der Waals surface area contributed by atoms with Gasteiger partial charge in [-0.25, -0.2) is 4.79 Å². The van der Waals surface area contributed by atoms with E-state index in [1.54, 1.807) is 24.3 Å². The zero-order valence-corrected chi connectivity index (χ0v) is 18.5. The van der Waals surface area contributed by atoms with Gasteiger partial charge in [0.05, 0.1) is 11.6 Å². The summed E-state index contributed by atoms with van der Waals surface area (Å²) in [5, 5.41) is 14.4. The molecule has 1 fully saturated rings. The number of alkyl halides is 3. The van der Waals surface area contributed by atoms with Crippen LogP contribution in [0.5, 0.6) is 0 Å². The number of carbonyl (C=O) groups is 2. The highest BCUT2D eigenvalue weighted by atomic mass is 35.5. The zero-order valence-electron chi connectivity index (χ0n) is 16.9. The van der Waals surface area contributed by atoms with Crippen molar-refractivity contribution in [2.45, 2.75) is 25.1 Å². The maximum atomic E-state index is 12.9. The molecule has 1 atom stereocenters. The van der Waals surface area contributed by atoms with Gasteiger partial charge in [-0.15, -0.1) is 10.2 Å². The fraction of sp³-hybridized carbons (Fsp3) is 0.238. The Labute approximate surface area is 195 Å². The minimum Gasteiger partial charge on any atom is -0.320 e. The molecule has 0 saturated carbocycles. The Kier molecular flexibility index (Phi) is 6.52.